The van der Waals surface area contributed by atoms with E-state index in [-0.39, 0.29) is 0 Å². The Morgan fingerprint density at radius 3 is 2.77 bits per heavy atom. The smallest absolute Gasteiger partial charge is 0.240 e. The number of hydrogen-bond donors (Lipinski definition) is 2. The number of hydrogen-bond acceptors (Lipinski definition) is 3. The molecule has 0 saturated carbocycles. The zero-order valence-corrected chi connectivity index (χ0v) is 12.5. The molecule has 5 heteroatoms. The summed E-state index contributed by atoms with van der Waals surface area (Å²) in [6.07, 6.45) is 0. The molecule has 0 radical (unpaired) electrons. The van der Waals surface area contributed by atoms with E-state index in [2.05, 4.69) is 46.1 Å². The van der Waals surface area contributed by atoms with Crippen LogP contribution in [0, 0.1) is 13.8 Å². The van der Waals surface area contributed by atoms with Crippen LogP contribution in [0.25, 0.3) is 21.9 Å². The van der Waals surface area contributed by atoms with Gasteiger partial charge in [-0.25, -0.2) is 4.98 Å². The van der Waals surface area contributed by atoms with Gasteiger partial charge in [0.2, 0.25) is 5.88 Å². The number of aromatic nitrogens is 4. The summed E-state index contributed by atoms with van der Waals surface area (Å²) >= 11 is 0. The Bertz CT molecular complexity index is 928. The lowest BCUT2D eigenvalue weighted by molar-refractivity contribution is 0.288. The van der Waals surface area contributed by atoms with Gasteiger partial charge >= 0.3 is 0 Å². The van der Waals surface area contributed by atoms with Crippen molar-refractivity contribution >= 4 is 21.9 Å². The van der Waals surface area contributed by atoms with Crippen molar-refractivity contribution in [1.29, 1.82) is 0 Å². The van der Waals surface area contributed by atoms with Gasteiger partial charge in [0.15, 0.2) is 0 Å². The molecular formula is C17H16N4O. The second kappa shape index (κ2) is 4.87. The van der Waals surface area contributed by atoms with Crippen LogP contribution in [0.3, 0.4) is 0 Å². The first-order chi connectivity index (χ1) is 10.7. The largest absolute Gasteiger partial charge is 0.468 e. The molecule has 2 aromatic carbocycles. The van der Waals surface area contributed by atoms with Crippen LogP contribution in [-0.4, -0.2) is 20.2 Å². The Kier molecular flexibility index (Phi) is 2.85. The topological polar surface area (TPSA) is 66.6 Å². The predicted molar refractivity (Wildman–Crippen MR) is 86.0 cm³/mol. The average molecular weight is 292 g/mol. The molecule has 0 spiro atoms. The number of H-pyrrole nitrogens is 2. The highest BCUT2D eigenvalue weighted by atomic mass is 16.5. The molecule has 110 valence electrons. The van der Waals surface area contributed by atoms with Gasteiger partial charge in [0, 0.05) is 0 Å². The van der Waals surface area contributed by atoms with Crippen LogP contribution in [0.4, 0.5) is 0 Å². The molecule has 0 aliphatic carbocycles. The first kappa shape index (κ1) is 12.9. The molecule has 22 heavy (non-hydrogen) atoms. The Morgan fingerprint density at radius 2 is 1.86 bits per heavy atom. The number of benzene rings is 2. The van der Waals surface area contributed by atoms with Crippen LogP contribution in [0.2, 0.25) is 0 Å². The molecule has 0 amide bonds. The van der Waals surface area contributed by atoms with E-state index in [1.807, 2.05) is 24.3 Å². The van der Waals surface area contributed by atoms with Crippen molar-refractivity contribution in [2.45, 2.75) is 20.5 Å². The highest BCUT2D eigenvalue weighted by Crippen LogP contribution is 2.23. The van der Waals surface area contributed by atoms with Crippen LogP contribution in [0.5, 0.6) is 5.88 Å². The predicted octanol–water partition coefficient (Wildman–Crippen LogP) is 3.64. The van der Waals surface area contributed by atoms with Crippen molar-refractivity contribution in [3.63, 3.8) is 0 Å². The summed E-state index contributed by atoms with van der Waals surface area (Å²) < 4.78 is 5.80. The molecule has 0 unspecified atom stereocenters. The Balaban J connectivity index is 1.61. The third kappa shape index (κ3) is 2.11. The van der Waals surface area contributed by atoms with Crippen LogP contribution >= 0.6 is 0 Å². The van der Waals surface area contributed by atoms with Gasteiger partial charge in [0.05, 0.1) is 21.9 Å². The lowest BCUT2D eigenvalue weighted by atomic mass is 10.1. The van der Waals surface area contributed by atoms with Gasteiger partial charge in [-0.15, -0.1) is 5.10 Å². The van der Waals surface area contributed by atoms with Crippen molar-refractivity contribution in [2.75, 3.05) is 0 Å². The molecule has 5 nitrogen and oxygen atoms in total. The monoisotopic (exact) mass is 292 g/mol. The van der Waals surface area contributed by atoms with Crippen LogP contribution in [-0.2, 0) is 6.61 Å². The number of nitrogens with one attached hydrogen (secondary N) is 2. The molecule has 0 bridgehead atoms. The van der Waals surface area contributed by atoms with Gasteiger partial charge < -0.3 is 9.72 Å². The number of nitrogens with zero attached hydrogens (tertiary/aromatic N) is 2. The summed E-state index contributed by atoms with van der Waals surface area (Å²) in [5.74, 6) is 1.40. The van der Waals surface area contributed by atoms with Gasteiger partial charge in [-0.05, 0) is 49.2 Å². The molecule has 0 aliphatic heterocycles. The van der Waals surface area contributed by atoms with E-state index >= 15 is 0 Å². The number of para-hydroxylation sites is 1. The standard InChI is InChI=1S/C17H16N4O/c1-10-7-14-15(8-11(10)2)19-16(18-14)9-22-17-12-5-3-4-6-13(12)20-21-17/h3-8H,9H2,1-2H3,(H,18,19)(H,20,21). The quantitative estimate of drug-likeness (QED) is 0.606. The van der Waals surface area contributed by atoms with Crippen molar-refractivity contribution in [3.05, 3.63) is 53.3 Å². The van der Waals surface area contributed by atoms with Crippen molar-refractivity contribution < 1.29 is 4.74 Å². The summed E-state index contributed by atoms with van der Waals surface area (Å²) in [4.78, 5) is 7.88. The molecule has 0 fully saturated rings. The Labute approximate surface area is 127 Å². The normalized spacial score (nSPS) is 11.4. The lowest BCUT2D eigenvalue weighted by Gasteiger charge is -2.00. The minimum absolute atomic E-state index is 0.363. The van der Waals surface area contributed by atoms with Crippen molar-refractivity contribution in [2.24, 2.45) is 0 Å². The number of rotatable bonds is 3. The molecule has 0 atom stereocenters. The maximum absolute atomic E-state index is 5.80. The van der Waals surface area contributed by atoms with E-state index in [9.17, 15) is 0 Å². The zero-order chi connectivity index (χ0) is 15.1. The Hall–Kier alpha value is -2.82. The summed E-state index contributed by atoms with van der Waals surface area (Å²) in [5, 5.41) is 8.14. The van der Waals surface area contributed by atoms with Crippen LogP contribution in [0.1, 0.15) is 17.0 Å². The van der Waals surface area contributed by atoms with Crippen molar-refractivity contribution in [1.82, 2.24) is 20.2 Å². The maximum Gasteiger partial charge on any atom is 0.240 e. The average Bonchev–Trinajstić information content (AvgIpc) is 3.09. The van der Waals surface area contributed by atoms with E-state index in [1.54, 1.807) is 0 Å². The molecule has 2 heterocycles. The third-order valence-corrected chi connectivity index (χ3v) is 3.93. The first-order valence-corrected chi connectivity index (χ1v) is 7.22. The molecule has 0 saturated heterocycles. The molecule has 4 rings (SSSR count). The molecule has 2 aromatic heterocycles. The fourth-order valence-electron chi connectivity index (χ4n) is 2.58. The minimum atomic E-state index is 0.363. The second-order valence-electron chi connectivity index (χ2n) is 5.50. The number of aryl methyl sites for hydroxylation is 2. The number of fused-ring (bicyclic) bond motifs is 2. The number of imidazole rings is 1. The summed E-state index contributed by atoms with van der Waals surface area (Å²) in [6, 6.07) is 12.1. The number of aromatic amines is 2. The number of ether oxygens (including phenoxy) is 1. The zero-order valence-electron chi connectivity index (χ0n) is 12.5. The Morgan fingerprint density at radius 1 is 1.05 bits per heavy atom. The highest BCUT2D eigenvalue weighted by molar-refractivity contribution is 5.83. The highest BCUT2D eigenvalue weighted by Gasteiger charge is 2.09. The van der Waals surface area contributed by atoms with Gasteiger partial charge in [0.25, 0.3) is 0 Å². The summed E-state index contributed by atoms with van der Waals surface area (Å²) in [7, 11) is 0. The lowest BCUT2D eigenvalue weighted by Crippen LogP contribution is -1.97. The van der Waals surface area contributed by atoms with E-state index in [0.29, 0.717) is 12.5 Å². The van der Waals surface area contributed by atoms with Gasteiger partial charge in [0.1, 0.15) is 12.4 Å². The second-order valence-corrected chi connectivity index (χ2v) is 5.50. The fraction of sp³-hybridized carbons (Fsp3) is 0.176. The van der Waals surface area contributed by atoms with Gasteiger partial charge in [-0.2, -0.15) is 0 Å². The van der Waals surface area contributed by atoms with Gasteiger partial charge in [-0.3, -0.25) is 5.10 Å². The molecule has 0 aliphatic rings. The molecule has 2 N–H and O–H groups in total. The summed E-state index contributed by atoms with van der Waals surface area (Å²) in [5.41, 5.74) is 5.46. The van der Waals surface area contributed by atoms with E-state index in [0.717, 1.165) is 27.8 Å². The van der Waals surface area contributed by atoms with Gasteiger partial charge in [-0.1, -0.05) is 12.1 Å². The van der Waals surface area contributed by atoms with Crippen molar-refractivity contribution in [3.8, 4) is 5.88 Å². The summed E-state index contributed by atoms with van der Waals surface area (Å²) in [6.45, 7) is 4.55. The fourth-order valence-corrected chi connectivity index (χ4v) is 2.58. The molecular weight excluding hydrogens is 276 g/mol. The molecule has 4 aromatic rings. The van der Waals surface area contributed by atoms with E-state index < -0.39 is 0 Å². The minimum Gasteiger partial charge on any atom is -0.468 e. The maximum atomic E-state index is 5.80. The third-order valence-electron chi connectivity index (χ3n) is 3.93. The van der Waals surface area contributed by atoms with E-state index in [4.69, 9.17) is 4.74 Å². The van der Waals surface area contributed by atoms with E-state index in [1.165, 1.54) is 11.1 Å². The SMILES string of the molecule is Cc1cc2nc(COc3n[nH]c4ccccc34)[nH]c2cc1C. The first-order valence-electron chi connectivity index (χ1n) is 7.22. The van der Waals surface area contributed by atoms with Crippen LogP contribution < -0.4 is 4.74 Å². The van der Waals surface area contributed by atoms with Crippen LogP contribution in [0.15, 0.2) is 36.4 Å².